The minimum atomic E-state index is 0.250. The molecule has 1 rings (SSSR count). The Labute approximate surface area is 86.8 Å². The summed E-state index contributed by atoms with van der Waals surface area (Å²) in [7, 11) is 0. The minimum absolute atomic E-state index is 0.250. The van der Waals surface area contributed by atoms with E-state index >= 15 is 0 Å². The SMILES string of the molecule is CCC(CO)c1ccc(C)c(C)c1C. The Morgan fingerprint density at radius 3 is 2.29 bits per heavy atom. The van der Waals surface area contributed by atoms with Crippen LogP contribution in [0.4, 0.5) is 0 Å². The second-order valence-corrected chi connectivity index (χ2v) is 4.01. The van der Waals surface area contributed by atoms with Crippen LogP contribution in [0.1, 0.15) is 41.5 Å². The first-order chi connectivity index (χ1) is 6.61. The van der Waals surface area contributed by atoms with Crippen LogP contribution in [0.2, 0.25) is 0 Å². The van der Waals surface area contributed by atoms with E-state index in [0.29, 0.717) is 5.92 Å². The molecule has 1 unspecified atom stereocenters. The highest BCUT2D eigenvalue weighted by Crippen LogP contribution is 2.26. The normalized spacial score (nSPS) is 12.9. The van der Waals surface area contributed by atoms with Crippen LogP contribution >= 0.6 is 0 Å². The molecule has 1 N–H and O–H groups in total. The van der Waals surface area contributed by atoms with E-state index in [1.807, 2.05) is 0 Å². The predicted molar refractivity (Wildman–Crippen MR) is 60.8 cm³/mol. The molecule has 0 amide bonds. The molecule has 0 saturated heterocycles. The largest absolute Gasteiger partial charge is 0.396 e. The summed E-state index contributed by atoms with van der Waals surface area (Å²) in [6.07, 6.45) is 1.000. The lowest BCUT2D eigenvalue weighted by Gasteiger charge is -2.17. The van der Waals surface area contributed by atoms with E-state index < -0.39 is 0 Å². The maximum absolute atomic E-state index is 9.26. The van der Waals surface area contributed by atoms with Crippen LogP contribution in [0.3, 0.4) is 0 Å². The number of hydrogen-bond donors (Lipinski definition) is 1. The number of hydrogen-bond acceptors (Lipinski definition) is 1. The molecule has 0 aromatic heterocycles. The van der Waals surface area contributed by atoms with Crippen molar-refractivity contribution in [2.45, 2.75) is 40.0 Å². The van der Waals surface area contributed by atoms with Gasteiger partial charge in [0.05, 0.1) is 0 Å². The van der Waals surface area contributed by atoms with E-state index in [2.05, 4.69) is 39.8 Å². The first kappa shape index (κ1) is 11.3. The number of benzene rings is 1. The number of rotatable bonds is 3. The molecule has 78 valence electrons. The quantitative estimate of drug-likeness (QED) is 0.780. The predicted octanol–water partition coefficient (Wildman–Crippen LogP) is 3.10. The Hall–Kier alpha value is -0.820. The zero-order valence-corrected chi connectivity index (χ0v) is 9.59. The van der Waals surface area contributed by atoms with E-state index in [1.54, 1.807) is 0 Å². The zero-order valence-electron chi connectivity index (χ0n) is 9.59. The van der Waals surface area contributed by atoms with E-state index in [1.165, 1.54) is 22.3 Å². The van der Waals surface area contributed by atoms with Crippen molar-refractivity contribution in [1.29, 1.82) is 0 Å². The Bertz CT molecular complexity index is 311. The van der Waals surface area contributed by atoms with Crippen LogP contribution in [-0.4, -0.2) is 11.7 Å². The second kappa shape index (κ2) is 4.61. The summed E-state index contributed by atoms with van der Waals surface area (Å²) in [6.45, 7) is 8.80. The van der Waals surface area contributed by atoms with E-state index in [4.69, 9.17) is 0 Å². The average molecular weight is 192 g/mol. The average Bonchev–Trinajstić information content (AvgIpc) is 2.19. The maximum atomic E-state index is 9.26. The van der Waals surface area contributed by atoms with Crippen LogP contribution in [0.25, 0.3) is 0 Å². The minimum Gasteiger partial charge on any atom is -0.396 e. The number of aliphatic hydroxyl groups is 1. The molecule has 0 aliphatic carbocycles. The third kappa shape index (κ3) is 1.98. The fourth-order valence-electron chi connectivity index (χ4n) is 1.87. The van der Waals surface area contributed by atoms with Crippen molar-refractivity contribution in [3.63, 3.8) is 0 Å². The lowest BCUT2D eigenvalue weighted by molar-refractivity contribution is 0.262. The molecule has 0 aliphatic heterocycles. The Balaban J connectivity index is 3.16. The third-order valence-electron chi connectivity index (χ3n) is 3.25. The van der Waals surface area contributed by atoms with Gasteiger partial charge in [-0.2, -0.15) is 0 Å². The van der Waals surface area contributed by atoms with Crippen molar-refractivity contribution in [2.24, 2.45) is 0 Å². The fourth-order valence-corrected chi connectivity index (χ4v) is 1.87. The van der Waals surface area contributed by atoms with Gasteiger partial charge in [0.25, 0.3) is 0 Å². The number of aliphatic hydroxyl groups excluding tert-OH is 1. The molecule has 0 bridgehead atoms. The van der Waals surface area contributed by atoms with E-state index in [9.17, 15) is 5.11 Å². The standard InChI is InChI=1S/C13H20O/c1-5-12(8-14)13-7-6-9(2)10(3)11(13)4/h6-7,12,14H,5,8H2,1-4H3. The molecular formula is C13H20O. The summed E-state index contributed by atoms with van der Waals surface area (Å²) < 4.78 is 0. The molecule has 1 nitrogen and oxygen atoms in total. The van der Waals surface area contributed by atoms with Crippen molar-refractivity contribution in [3.8, 4) is 0 Å². The van der Waals surface area contributed by atoms with Gasteiger partial charge in [0.1, 0.15) is 0 Å². The smallest absolute Gasteiger partial charge is 0.0499 e. The van der Waals surface area contributed by atoms with Gasteiger partial charge in [0.15, 0.2) is 0 Å². The molecule has 0 heterocycles. The first-order valence-corrected chi connectivity index (χ1v) is 5.29. The molecule has 1 heteroatoms. The molecular weight excluding hydrogens is 172 g/mol. The van der Waals surface area contributed by atoms with Gasteiger partial charge in [-0.05, 0) is 49.4 Å². The van der Waals surface area contributed by atoms with Crippen LogP contribution in [-0.2, 0) is 0 Å². The van der Waals surface area contributed by atoms with Gasteiger partial charge < -0.3 is 5.11 Å². The van der Waals surface area contributed by atoms with Gasteiger partial charge in [-0.15, -0.1) is 0 Å². The summed E-state index contributed by atoms with van der Waals surface area (Å²) >= 11 is 0. The summed E-state index contributed by atoms with van der Waals surface area (Å²) in [5.41, 5.74) is 5.33. The van der Waals surface area contributed by atoms with Gasteiger partial charge in [-0.3, -0.25) is 0 Å². The summed E-state index contributed by atoms with van der Waals surface area (Å²) in [4.78, 5) is 0. The first-order valence-electron chi connectivity index (χ1n) is 5.29. The summed E-state index contributed by atoms with van der Waals surface area (Å²) in [5.74, 6) is 0.300. The molecule has 0 fully saturated rings. The molecule has 0 spiro atoms. The fraction of sp³-hybridized carbons (Fsp3) is 0.538. The highest BCUT2D eigenvalue weighted by molar-refractivity contribution is 5.40. The lowest BCUT2D eigenvalue weighted by Crippen LogP contribution is -2.06. The van der Waals surface area contributed by atoms with Crippen molar-refractivity contribution in [3.05, 3.63) is 34.4 Å². The Morgan fingerprint density at radius 2 is 1.79 bits per heavy atom. The molecule has 1 aromatic rings. The summed E-state index contributed by atoms with van der Waals surface area (Å²) in [6, 6.07) is 4.30. The van der Waals surface area contributed by atoms with Crippen molar-refractivity contribution in [2.75, 3.05) is 6.61 Å². The molecule has 1 atom stereocenters. The van der Waals surface area contributed by atoms with Crippen LogP contribution in [0.5, 0.6) is 0 Å². The van der Waals surface area contributed by atoms with E-state index in [-0.39, 0.29) is 6.61 Å². The molecule has 14 heavy (non-hydrogen) atoms. The molecule has 0 radical (unpaired) electrons. The van der Waals surface area contributed by atoms with Gasteiger partial charge in [0, 0.05) is 12.5 Å². The Kier molecular flexibility index (Phi) is 3.70. The highest BCUT2D eigenvalue weighted by atomic mass is 16.3. The van der Waals surface area contributed by atoms with Gasteiger partial charge >= 0.3 is 0 Å². The van der Waals surface area contributed by atoms with Gasteiger partial charge in [0.2, 0.25) is 0 Å². The van der Waals surface area contributed by atoms with Gasteiger partial charge in [-0.25, -0.2) is 0 Å². The number of aryl methyl sites for hydroxylation is 1. The molecule has 1 aromatic carbocycles. The van der Waals surface area contributed by atoms with Crippen molar-refractivity contribution in [1.82, 2.24) is 0 Å². The molecule has 0 saturated carbocycles. The Morgan fingerprint density at radius 1 is 1.14 bits per heavy atom. The summed E-state index contributed by atoms with van der Waals surface area (Å²) in [5, 5.41) is 9.26. The van der Waals surface area contributed by atoms with Gasteiger partial charge in [-0.1, -0.05) is 19.1 Å². The second-order valence-electron chi connectivity index (χ2n) is 4.01. The molecule has 0 aliphatic rings. The van der Waals surface area contributed by atoms with Crippen molar-refractivity contribution < 1.29 is 5.11 Å². The lowest BCUT2D eigenvalue weighted by atomic mass is 9.89. The van der Waals surface area contributed by atoms with Crippen molar-refractivity contribution >= 4 is 0 Å². The topological polar surface area (TPSA) is 20.2 Å². The van der Waals surface area contributed by atoms with Crippen LogP contribution in [0.15, 0.2) is 12.1 Å². The third-order valence-corrected chi connectivity index (χ3v) is 3.25. The zero-order chi connectivity index (χ0) is 10.7. The van der Waals surface area contributed by atoms with E-state index in [0.717, 1.165) is 6.42 Å². The monoisotopic (exact) mass is 192 g/mol. The van der Waals surface area contributed by atoms with Crippen LogP contribution < -0.4 is 0 Å². The van der Waals surface area contributed by atoms with Crippen LogP contribution in [0, 0.1) is 20.8 Å². The maximum Gasteiger partial charge on any atom is 0.0499 e. The highest BCUT2D eigenvalue weighted by Gasteiger charge is 2.12.